The summed E-state index contributed by atoms with van der Waals surface area (Å²) in [5, 5.41) is 5.32. The molecule has 1 aliphatic rings. The van der Waals surface area contributed by atoms with Crippen molar-refractivity contribution in [1.82, 2.24) is 0 Å². The van der Waals surface area contributed by atoms with Crippen LogP contribution in [0.15, 0.2) is 66.7 Å². The molecular weight excluding hydrogens is 268 g/mol. The monoisotopic (exact) mass is 282 g/mol. The van der Waals surface area contributed by atoms with Crippen molar-refractivity contribution in [3.63, 3.8) is 0 Å². The summed E-state index contributed by atoms with van der Waals surface area (Å²) >= 11 is 0. The van der Waals surface area contributed by atoms with Gasteiger partial charge in [-0.15, -0.1) is 0 Å². The number of hydrogen-bond donors (Lipinski definition) is 0. The van der Waals surface area contributed by atoms with Crippen LogP contribution in [0.2, 0.25) is 0 Å². The van der Waals surface area contributed by atoms with Gasteiger partial charge in [0.15, 0.2) is 0 Å². The van der Waals surface area contributed by atoms with Crippen LogP contribution >= 0.6 is 0 Å². The Morgan fingerprint density at radius 3 is 2.41 bits per heavy atom. The van der Waals surface area contributed by atoms with Gasteiger partial charge in [-0.25, -0.2) is 0 Å². The minimum atomic E-state index is 0.910. The molecule has 0 fully saturated rings. The summed E-state index contributed by atoms with van der Waals surface area (Å²) in [6.07, 6.45) is 0. The lowest BCUT2D eigenvalue weighted by molar-refractivity contribution is 0.415. The van der Waals surface area contributed by atoms with Crippen LogP contribution in [0.3, 0.4) is 0 Å². The van der Waals surface area contributed by atoms with Gasteiger partial charge in [0.05, 0.1) is 7.11 Å². The summed E-state index contributed by atoms with van der Waals surface area (Å²) in [6.45, 7) is 0. The molecular formula is C21H14O. The molecule has 0 spiro atoms. The Kier molecular flexibility index (Phi) is 2.21. The first kappa shape index (κ1) is 11.8. The molecule has 0 N–H and O–H groups in total. The van der Waals surface area contributed by atoms with Crippen molar-refractivity contribution in [2.24, 2.45) is 0 Å². The number of hydrogen-bond acceptors (Lipinski definition) is 1. The van der Waals surface area contributed by atoms with Crippen LogP contribution in [0.5, 0.6) is 5.75 Å². The van der Waals surface area contributed by atoms with Crippen molar-refractivity contribution < 1.29 is 4.74 Å². The first-order valence-corrected chi connectivity index (χ1v) is 7.50. The molecule has 0 unspecified atom stereocenters. The normalized spacial score (nSPS) is 11.9. The highest BCUT2D eigenvalue weighted by Gasteiger charge is 2.22. The first-order chi connectivity index (χ1) is 10.9. The van der Waals surface area contributed by atoms with Gasteiger partial charge in [0.25, 0.3) is 0 Å². The molecule has 0 heterocycles. The summed E-state index contributed by atoms with van der Waals surface area (Å²) in [5.74, 6) is 0.910. The number of fused-ring (bicyclic) bond motifs is 5. The second kappa shape index (κ2) is 4.11. The average Bonchev–Trinajstić information content (AvgIpc) is 2.90. The third-order valence-electron chi connectivity index (χ3n) is 4.69. The maximum Gasteiger partial charge on any atom is 0.119 e. The van der Waals surface area contributed by atoms with Gasteiger partial charge in [-0.05, 0) is 62.0 Å². The Balaban J connectivity index is 2.01. The molecule has 0 radical (unpaired) electrons. The van der Waals surface area contributed by atoms with Gasteiger partial charge in [-0.3, -0.25) is 0 Å². The molecule has 1 aliphatic carbocycles. The Bertz CT molecular complexity index is 1060. The van der Waals surface area contributed by atoms with Crippen LogP contribution in [0, 0.1) is 0 Å². The van der Waals surface area contributed by atoms with Gasteiger partial charge in [0.1, 0.15) is 5.75 Å². The fraction of sp³-hybridized carbons (Fsp3) is 0.0476. The van der Waals surface area contributed by atoms with Crippen molar-refractivity contribution in [3.05, 3.63) is 66.7 Å². The van der Waals surface area contributed by atoms with E-state index in [0.29, 0.717) is 0 Å². The van der Waals surface area contributed by atoms with Crippen LogP contribution in [-0.2, 0) is 0 Å². The molecule has 0 aliphatic heterocycles. The predicted molar refractivity (Wildman–Crippen MR) is 92.4 cm³/mol. The largest absolute Gasteiger partial charge is 0.497 e. The van der Waals surface area contributed by atoms with E-state index in [4.69, 9.17) is 4.74 Å². The molecule has 0 bridgehead atoms. The third-order valence-corrected chi connectivity index (χ3v) is 4.69. The summed E-state index contributed by atoms with van der Waals surface area (Å²) in [5.41, 5.74) is 5.22. The molecule has 5 rings (SSSR count). The Hall–Kier alpha value is -2.80. The van der Waals surface area contributed by atoms with Gasteiger partial charge >= 0.3 is 0 Å². The lowest BCUT2D eigenvalue weighted by Crippen LogP contribution is -1.83. The number of ether oxygens (including phenoxy) is 1. The smallest absolute Gasteiger partial charge is 0.119 e. The van der Waals surface area contributed by atoms with Crippen LogP contribution < -0.4 is 4.74 Å². The van der Waals surface area contributed by atoms with Crippen LogP contribution in [0.4, 0.5) is 0 Å². The van der Waals surface area contributed by atoms with Crippen LogP contribution in [0.25, 0.3) is 43.8 Å². The fourth-order valence-electron chi connectivity index (χ4n) is 3.71. The highest BCUT2D eigenvalue weighted by molar-refractivity contribution is 6.23. The molecule has 1 heteroatoms. The molecule has 0 aromatic heterocycles. The summed E-state index contributed by atoms with van der Waals surface area (Å²) in [7, 11) is 1.72. The van der Waals surface area contributed by atoms with E-state index in [0.717, 1.165) is 5.75 Å². The van der Waals surface area contributed by atoms with Gasteiger partial charge in [-0.2, -0.15) is 0 Å². The zero-order chi connectivity index (χ0) is 14.7. The quantitative estimate of drug-likeness (QED) is 0.361. The molecule has 0 saturated carbocycles. The number of rotatable bonds is 1. The highest BCUT2D eigenvalue weighted by atomic mass is 16.5. The van der Waals surface area contributed by atoms with E-state index < -0.39 is 0 Å². The summed E-state index contributed by atoms with van der Waals surface area (Å²) < 4.78 is 5.41. The topological polar surface area (TPSA) is 9.23 Å². The minimum Gasteiger partial charge on any atom is -0.497 e. The lowest BCUT2D eigenvalue weighted by atomic mass is 9.97. The summed E-state index contributed by atoms with van der Waals surface area (Å²) in [6, 6.07) is 23.9. The summed E-state index contributed by atoms with van der Waals surface area (Å²) in [4.78, 5) is 0. The van der Waals surface area contributed by atoms with E-state index in [9.17, 15) is 0 Å². The van der Waals surface area contributed by atoms with Crippen molar-refractivity contribution in [2.75, 3.05) is 7.11 Å². The first-order valence-electron chi connectivity index (χ1n) is 7.50. The average molecular weight is 282 g/mol. The SMILES string of the molecule is COc1ccc2c(c1)-c1cccc3c1c-2cc1ccccc13. The predicted octanol–water partition coefficient (Wildman–Crippen LogP) is 5.65. The van der Waals surface area contributed by atoms with Crippen molar-refractivity contribution >= 4 is 21.5 Å². The lowest BCUT2D eigenvalue weighted by Gasteiger charge is -2.07. The standard InChI is InChI=1S/C21H14O/c1-22-14-9-10-16-19(12-14)18-8-4-7-17-15-6-3-2-5-13(15)11-20(16)21(17)18/h2-12H,1H3. The van der Waals surface area contributed by atoms with Crippen molar-refractivity contribution in [3.8, 4) is 28.0 Å². The molecule has 0 saturated heterocycles. The van der Waals surface area contributed by atoms with E-state index in [1.807, 2.05) is 6.07 Å². The third kappa shape index (κ3) is 1.38. The maximum absolute atomic E-state index is 5.41. The number of benzene rings is 4. The van der Waals surface area contributed by atoms with Crippen LogP contribution in [-0.4, -0.2) is 7.11 Å². The van der Waals surface area contributed by atoms with E-state index in [1.165, 1.54) is 43.8 Å². The minimum absolute atomic E-state index is 0.910. The second-order valence-electron chi connectivity index (χ2n) is 5.78. The zero-order valence-corrected chi connectivity index (χ0v) is 12.3. The highest BCUT2D eigenvalue weighted by Crippen LogP contribution is 2.50. The van der Waals surface area contributed by atoms with Gasteiger partial charge in [0.2, 0.25) is 0 Å². The molecule has 0 atom stereocenters. The Labute approximate surface area is 128 Å². The van der Waals surface area contributed by atoms with E-state index >= 15 is 0 Å². The van der Waals surface area contributed by atoms with E-state index in [1.54, 1.807) is 7.11 Å². The number of methoxy groups -OCH3 is 1. The second-order valence-corrected chi connectivity index (χ2v) is 5.78. The molecule has 22 heavy (non-hydrogen) atoms. The Morgan fingerprint density at radius 1 is 0.636 bits per heavy atom. The molecule has 0 amide bonds. The molecule has 4 aromatic rings. The van der Waals surface area contributed by atoms with Gasteiger partial charge in [-0.1, -0.05) is 48.5 Å². The van der Waals surface area contributed by atoms with Gasteiger partial charge in [0, 0.05) is 0 Å². The van der Waals surface area contributed by atoms with E-state index in [2.05, 4.69) is 60.7 Å². The van der Waals surface area contributed by atoms with Crippen molar-refractivity contribution in [1.29, 1.82) is 0 Å². The maximum atomic E-state index is 5.41. The fourth-order valence-corrected chi connectivity index (χ4v) is 3.71. The molecule has 104 valence electrons. The Morgan fingerprint density at radius 2 is 1.50 bits per heavy atom. The van der Waals surface area contributed by atoms with Crippen molar-refractivity contribution in [2.45, 2.75) is 0 Å². The molecule has 4 aromatic carbocycles. The van der Waals surface area contributed by atoms with Crippen LogP contribution in [0.1, 0.15) is 0 Å². The molecule has 1 nitrogen and oxygen atoms in total. The van der Waals surface area contributed by atoms with Gasteiger partial charge < -0.3 is 4.74 Å². The van der Waals surface area contributed by atoms with E-state index in [-0.39, 0.29) is 0 Å². The zero-order valence-electron chi connectivity index (χ0n) is 12.3.